The van der Waals surface area contributed by atoms with Crippen LogP contribution in [0.5, 0.6) is 11.5 Å². The Morgan fingerprint density at radius 1 is 1.15 bits per heavy atom. The number of ether oxygens (including phenoxy) is 2. The Morgan fingerprint density at radius 2 is 1.96 bits per heavy atom. The van der Waals surface area contributed by atoms with Crippen molar-refractivity contribution in [3.8, 4) is 11.5 Å². The number of hydrogen-bond donors (Lipinski definition) is 1. The summed E-state index contributed by atoms with van der Waals surface area (Å²) in [4.78, 5) is 11.9. The van der Waals surface area contributed by atoms with Crippen molar-refractivity contribution in [2.75, 3.05) is 26.5 Å². The average molecular weight is 392 g/mol. The first-order chi connectivity index (χ1) is 12.6. The summed E-state index contributed by atoms with van der Waals surface area (Å²) >= 11 is 7.71. The number of hydrogen-bond acceptors (Lipinski definition) is 4. The van der Waals surface area contributed by atoms with E-state index in [2.05, 4.69) is 5.32 Å². The standard InChI is InChI=1S/C20H22ClNO3S/c1-24-18-8-6-15(13-19(18)25-2)7-9-20(23)22-10-11-26-14-16-4-3-5-17(21)12-16/h3-9,12-13H,10-11,14H2,1-2H3,(H,22,23)/b9-7+. The van der Waals surface area contributed by atoms with Crippen molar-refractivity contribution in [2.24, 2.45) is 0 Å². The lowest BCUT2D eigenvalue weighted by Gasteiger charge is -2.07. The molecule has 4 nitrogen and oxygen atoms in total. The van der Waals surface area contributed by atoms with Gasteiger partial charge in [0.25, 0.3) is 0 Å². The van der Waals surface area contributed by atoms with Gasteiger partial charge in [0.15, 0.2) is 11.5 Å². The van der Waals surface area contributed by atoms with Crippen LogP contribution in [-0.2, 0) is 10.5 Å². The lowest BCUT2D eigenvalue weighted by atomic mass is 10.2. The van der Waals surface area contributed by atoms with E-state index in [1.54, 1.807) is 32.1 Å². The number of methoxy groups -OCH3 is 2. The first-order valence-corrected chi connectivity index (χ1v) is 9.66. The predicted molar refractivity (Wildman–Crippen MR) is 109 cm³/mol. The highest BCUT2D eigenvalue weighted by Crippen LogP contribution is 2.27. The number of thioether (sulfide) groups is 1. The highest BCUT2D eigenvalue weighted by Gasteiger charge is 2.03. The van der Waals surface area contributed by atoms with Gasteiger partial charge in [-0.05, 0) is 41.5 Å². The molecule has 0 saturated carbocycles. The van der Waals surface area contributed by atoms with E-state index in [0.717, 1.165) is 22.1 Å². The van der Waals surface area contributed by atoms with Crippen LogP contribution in [-0.4, -0.2) is 32.4 Å². The molecule has 2 rings (SSSR count). The van der Waals surface area contributed by atoms with Crippen LogP contribution < -0.4 is 14.8 Å². The first kappa shape index (κ1) is 20.2. The lowest BCUT2D eigenvalue weighted by molar-refractivity contribution is -0.116. The fourth-order valence-electron chi connectivity index (χ4n) is 2.25. The van der Waals surface area contributed by atoms with E-state index in [4.69, 9.17) is 21.1 Å². The van der Waals surface area contributed by atoms with Crippen molar-refractivity contribution in [1.29, 1.82) is 0 Å². The first-order valence-electron chi connectivity index (χ1n) is 8.12. The van der Waals surface area contributed by atoms with E-state index in [1.165, 1.54) is 11.6 Å². The second-order valence-corrected chi connectivity index (χ2v) is 6.96. The summed E-state index contributed by atoms with van der Waals surface area (Å²) in [5.41, 5.74) is 2.05. The van der Waals surface area contributed by atoms with Crippen molar-refractivity contribution >= 4 is 35.3 Å². The van der Waals surface area contributed by atoms with Crippen LogP contribution in [0.15, 0.2) is 48.5 Å². The molecule has 0 heterocycles. The molecule has 2 aromatic carbocycles. The fourth-order valence-corrected chi connectivity index (χ4v) is 3.27. The third-order valence-corrected chi connectivity index (χ3v) is 4.80. The van der Waals surface area contributed by atoms with E-state index in [-0.39, 0.29) is 5.91 Å². The molecule has 0 aliphatic carbocycles. The van der Waals surface area contributed by atoms with Gasteiger partial charge in [0.05, 0.1) is 14.2 Å². The van der Waals surface area contributed by atoms with Crippen LogP contribution in [0.2, 0.25) is 5.02 Å². The molecule has 0 fully saturated rings. The molecule has 0 aliphatic rings. The molecule has 0 unspecified atom stereocenters. The molecule has 1 amide bonds. The molecular weight excluding hydrogens is 370 g/mol. The summed E-state index contributed by atoms with van der Waals surface area (Å²) < 4.78 is 10.4. The van der Waals surface area contributed by atoms with Crippen molar-refractivity contribution in [3.63, 3.8) is 0 Å². The zero-order chi connectivity index (χ0) is 18.8. The van der Waals surface area contributed by atoms with E-state index < -0.39 is 0 Å². The highest BCUT2D eigenvalue weighted by atomic mass is 35.5. The number of carbonyl (C=O) groups excluding carboxylic acids is 1. The topological polar surface area (TPSA) is 47.6 Å². The van der Waals surface area contributed by atoms with Gasteiger partial charge in [0.1, 0.15) is 0 Å². The Bertz CT molecular complexity index is 764. The molecule has 0 aliphatic heterocycles. The normalized spacial score (nSPS) is 10.7. The molecule has 0 aromatic heterocycles. The zero-order valence-corrected chi connectivity index (χ0v) is 16.4. The number of nitrogens with one attached hydrogen (secondary N) is 1. The summed E-state index contributed by atoms with van der Waals surface area (Å²) in [6.07, 6.45) is 3.26. The molecule has 6 heteroatoms. The van der Waals surface area contributed by atoms with Crippen LogP contribution in [0.25, 0.3) is 6.08 Å². The van der Waals surface area contributed by atoms with Crippen molar-refractivity contribution in [3.05, 3.63) is 64.7 Å². The Kier molecular flexibility index (Phi) is 8.38. The maximum atomic E-state index is 11.9. The molecule has 0 saturated heterocycles. The lowest BCUT2D eigenvalue weighted by Crippen LogP contribution is -2.23. The number of amides is 1. The largest absolute Gasteiger partial charge is 0.493 e. The van der Waals surface area contributed by atoms with Crippen molar-refractivity contribution in [1.82, 2.24) is 5.32 Å². The van der Waals surface area contributed by atoms with Crippen LogP contribution in [0.1, 0.15) is 11.1 Å². The minimum Gasteiger partial charge on any atom is -0.493 e. The quantitative estimate of drug-likeness (QED) is 0.507. The molecule has 1 N–H and O–H groups in total. The molecule has 0 spiro atoms. The Balaban J connectivity index is 1.72. The monoisotopic (exact) mass is 391 g/mol. The van der Waals surface area contributed by atoms with Gasteiger partial charge >= 0.3 is 0 Å². The van der Waals surface area contributed by atoms with Crippen LogP contribution in [0.3, 0.4) is 0 Å². The van der Waals surface area contributed by atoms with E-state index >= 15 is 0 Å². The van der Waals surface area contributed by atoms with E-state index in [0.29, 0.717) is 18.0 Å². The molecule has 26 heavy (non-hydrogen) atoms. The number of benzene rings is 2. The summed E-state index contributed by atoms with van der Waals surface area (Å²) in [5.74, 6) is 2.88. The van der Waals surface area contributed by atoms with Crippen molar-refractivity contribution in [2.45, 2.75) is 5.75 Å². The van der Waals surface area contributed by atoms with Crippen molar-refractivity contribution < 1.29 is 14.3 Å². The smallest absolute Gasteiger partial charge is 0.244 e. The SMILES string of the molecule is COc1ccc(/C=C/C(=O)NCCSCc2cccc(Cl)c2)cc1OC. The van der Waals surface area contributed by atoms with E-state index in [1.807, 2.05) is 42.5 Å². The van der Waals surface area contributed by atoms with Gasteiger partial charge in [-0.2, -0.15) is 11.8 Å². The third kappa shape index (κ3) is 6.65. The van der Waals surface area contributed by atoms with Gasteiger partial charge in [-0.1, -0.05) is 29.8 Å². The minimum absolute atomic E-state index is 0.122. The molecule has 0 bridgehead atoms. The third-order valence-electron chi connectivity index (χ3n) is 3.54. The van der Waals surface area contributed by atoms with Crippen LogP contribution >= 0.6 is 23.4 Å². The molecule has 0 atom stereocenters. The van der Waals surface area contributed by atoms with Gasteiger partial charge < -0.3 is 14.8 Å². The molecule has 2 aromatic rings. The van der Waals surface area contributed by atoms with Crippen LogP contribution in [0.4, 0.5) is 0 Å². The number of carbonyl (C=O) groups is 1. The fraction of sp³-hybridized carbons (Fsp3) is 0.250. The highest BCUT2D eigenvalue weighted by molar-refractivity contribution is 7.98. The number of halogens is 1. The minimum atomic E-state index is -0.122. The summed E-state index contributed by atoms with van der Waals surface area (Å²) in [6, 6.07) is 13.3. The van der Waals surface area contributed by atoms with Gasteiger partial charge in [0, 0.05) is 29.1 Å². The van der Waals surface area contributed by atoms with Gasteiger partial charge in [-0.3, -0.25) is 4.79 Å². The summed E-state index contributed by atoms with van der Waals surface area (Å²) in [7, 11) is 3.17. The predicted octanol–water partition coefficient (Wildman–Crippen LogP) is 4.42. The summed E-state index contributed by atoms with van der Waals surface area (Å²) in [5, 5.41) is 3.62. The Hall–Kier alpha value is -2.11. The van der Waals surface area contributed by atoms with E-state index in [9.17, 15) is 4.79 Å². The molecular formula is C20H22ClNO3S. The van der Waals surface area contributed by atoms with Gasteiger partial charge in [-0.15, -0.1) is 0 Å². The average Bonchev–Trinajstić information content (AvgIpc) is 2.65. The molecule has 138 valence electrons. The van der Waals surface area contributed by atoms with Gasteiger partial charge in [-0.25, -0.2) is 0 Å². The number of rotatable bonds is 9. The maximum absolute atomic E-state index is 11.9. The Morgan fingerprint density at radius 3 is 2.69 bits per heavy atom. The zero-order valence-electron chi connectivity index (χ0n) is 14.8. The second-order valence-electron chi connectivity index (χ2n) is 5.42. The molecule has 0 radical (unpaired) electrons. The Labute approximate surface area is 163 Å². The summed E-state index contributed by atoms with van der Waals surface area (Å²) in [6.45, 7) is 0.611. The van der Waals surface area contributed by atoms with Crippen LogP contribution in [0, 0.1) is 0 Å². The maximum Gasteiger partial charge on any atom is 0.244 e. The second kappa shape index (κ2) is 10.8. The van der Waals surface area contributed by atoms with Gasteiger partial charge in [0.2, 0.25) is 5.91 Å².